The summed E-state index contributed by atoms with van der Waals surface area (Å²) in [5.41, 5.74) is 3.07. The van der Waals surface area contributed by atoms with Gasteiger partial charge in [0.15, 0.2) is 0 Å². The third kappa shape index (κ3) is 3.43. The second-order valence-corrected chi connectivity index (χ2v) is 4.96. The molecule has 0 spiro atoms. The summed E-state index contributed by atoms with van der Waals surface area (Å²) in [6.07, 6.45) is 1.68. The predicted molar refractivity (Wildman–Crippen MR) is 74.7 cm³/mol. The molecule has 0 aliphatic rings. The number of benzene rings is 1. The number of aliphatic hydroxyl groups is 1. The number of aliphatic hydroxyl groups excluding tert-OH is 1. The monoisotopic (exact) mass is 260 g/mol. The number of nitrogens with zero attached hydrogens (tertiary/aromatic N) is 2. The van der Waals surface area contributed by atoms with Gasteiger partial charge in [-0.3, -0.25) is 4.90 Å². The first-order valence-electron chi connectivity index (χ1n) is 6.42. The molecule has 1 aromatic heterocycles. The fourth-order valence-electron chi connectivity index (χ4n) is 1.76. The van der Waals surface area contributed by atoms with Gasteiger partial charge in [-0.05, 0) is 33.0 Å². The molecule has 1 unspecified atom stereocenters. The number of rotatable bonds is 5. The third-order valence-corrected chi connectivity index (χ3v) is 3.28. The second-order valence-electron chi connectivity index (χ2n) is 4.96. The lowest BCUT2D eigenvalue weighted by molar-refractivity contribution is 0.153. The Labute approximate surface area is 113 Å². The average Bonchev–Trinajstić information content (AvgIpc) is 2.87. The van der Waals surface area contributed by atoms with Crippen molar-refractivity contribution in [2.24, 2.45) is 0 Å². The van der Waals surface area contributed by atoms with E-state index in [0.717, 1.165) is 11.3 Å². The fourth-order valence-corrected chi connectivity index (χ4v) is 1.76. The molecule has 0 amide bonds. The summed E-state index contributed by atoms with van der Waals surface area (Å²) < 4.78 is 5.50. The molecule has 0 saturated carbocycles. The van der Waals surface area contributed by atoms with Crippen LogP contribution < -0.4 is 0 Å². The van der Waals surface area contributed by atoms with Gasteiger partial charge in [-0.15, -0.1) is 0 Å². The highest BCUT2D eigenvalue weighted by molar-refractivity contribution is 5.53. The zero-order valence-electron chi connectivity index (χ0n) is 11.6. The predicted octanol–water partition coefficient (Wildman–Crippen LogP) is 2.46. The van der Waals surface area contributed by atoms with E-state index in [1.807, 2.05) is 43.1 Å². The maximum absolute atomic E-state index is 9.11. The summed E-state index contributed by atoms with van der Waals surface area (Å²) in [7, 11) is 1.96. The van der Waals surface area contributed by atoms with Gasteiger partial charge in [0, 0.05) is 18.2 Å². The molecule has 0 aliphatic carbocycles. The van der Waals surface area contributed by atoms with Gasteiger partial charge in [0.25, 0.3) is 0 Å². The first-order chi connectivity index (χ1) is 9.10. The summed E-state index contributed by atoms with van der Waals surface area (Å²) in [5, 5.41) is 9.11. The zero-order valence-corrected chi connectivity index (χ0v) is 11.6. The quantitative estimate of drug-likeness (QED) is 0.897. The van der Waals surface area contributed by atoms with Gasteiger partial charge < -0.3 is 9.52 Å². The van der Waals surface area contributed by atoms with E-state index < -0.39 is 0 Å². The molecular formula is C15H20N2O2. The first kappa shape index (κ1) is 13.8. The molecule has 0 aliphatic heterocycles. The highest BCUT2D eigenvalue weighted by Crippen LogP contribution is 2.19. The van der Waals surface area contributed by atoms with Crippen LogP contribution in [0.1, 0.15) is 18.2 Å². The Morgan fingerprint density at radius 1 is 1.32 bits per heavy atom. The lowest BCUT2D eigenvalue weighted by atomic mass is 10.1. The van der Waals surface area contributed by atoms with E-state index in [9.17, 15) is 0 Å². The number of likely N-dealkylation sites (N-methyl/N-ethyl adjacent to an activating group) is 1. The fraction of sp³-hybridized carbons (Fsp3) is 0.400. The molecule has 0 fully saturated rings. The Morgan fingerprint density at radius 3 is 2.63 bits per heavy atom. The van der Waals surface area contributed by atoms with E-state index in [0.29, 0.717) is 12.4 Å². The van der Waals surface area contributed by atoms with Crippen LogP contribution >= 0.6 is 0 Å². The van der Waals surface area contributed by atoms with E-state index in [2.05, 4.69) is 11.9 Å². The van der Waals surface area contributed by atoms with Crippen LogP contribution in [-0.4, -0.2) is 34.7 Å². The molecule has 1 atom stereocenters. The lowest BCUT2D eigenvalue weighted by Crippen LogP contribution is -2.31. The minimum absolute atomic E-state index is 0.111. The van der Waals surface area contributed by atoms with Crippen molar-refractivity contribution in [2.75, 3.05) is 13.7 Å². The zero-order chi connectivity index (χ0) is 13.8. The van der Waals surface area contributed by atoms with E-state index in [4.69, 9.17) is 9.52 Å². The summed E-state index contributed by atoms with van der Waals surface area (Å²) in [4.78, 5) is 6.52. The van der Waals surface area contributed by atoms with Crippen LogP contribution in [0, 0.1) is 6.92 Å². The molecule has 0 bridgehead atoms. The summed E-state index contributed by atoms with van der Waals surface area (Å²) in [6, 6.07) is 8.20. The second kappa shape index (κ2) is 5.99. The summed E-state index contributed by atoms with van der Waals surface area (Å²) in [6.45, 7) is 4.83. The Morgan fingerprint density at radius 2 is 2.00 bits per heavy atom. The van der Waals surface area contributed by atoms with Crippen LogP contribution in [0.4, 0.5) is 0 Å². The Balaban J connectivity index is 2.09. The maximum Gasteiger partial charge on any atom is 0.226 e. The van der Waals surface area contributed by atoms with Crippen molar-refractivity contribution >= 4 is 0 Å². The molecule has 2 aromatic rings. The van der Waals surface area contributed by atoms with Crippen LogP contribution in [0.3, 0.4) is 0 Å². The van der Waals surface area contributed by atoms with Gasteiger partial charge >= 0.3 is 0 Å². The van der Waals surface area contributed by atoms with Crippen LogP contribution in [0.2, 0.25) is 0 Å². The van der Waals surface area contributed by atoms with Crippen molar-refractivity contribution in [1.82, 2.24) is 9.88 Å². The van der Waals surface area contributed by atoms with Crippen LogP contribution in [0.25, 0.3) is 11.5 Å². The summed E-state index contributed by atoms with van der Waals surface area (Å²) in [5.74, 6) is 0.639. The molecule has 0 radical (unpaired) electrons. The van der Waals surface area contributed by atoms with Crippen molar-refractivity contribution < 1.29 is 9.52 Å². The van der Waals surface area contributed by atoms with Crippen molar-refractivity contribution in [3.8, 4) is 11.5 Å². The highest BCUT2D eigenvalue weighted by Gasteiger charge is 2.12. The third-order valence-electron chi connectivity index (χ3n) is 3.28. The van der Waals surface area contributed by atoms with Crippen LogP contribution in [0.5, 0.6) is 0 Å². The minimum atomic E-state index is 0.111. The van der Waals surface area contributed by atoms with E-state index in [1.165, 1.54) is 5.56 Å². The molecule has 4 nitrogen and oxygen atoms in total. The molecule has 2 rings (SSSR count). The Hall–Kier alpha value is -1.65. The van der Waals surface area contributed by atoms with Crippen molar-refractivity contribution in [1.29, 1.82) is 0 Å². The topological polar surface area (TPSA) is 49.5 Å². The van der Waals surface area contributed by atoms with Gasteiger partial charge in [0.2, 0.25) is 5.89 Å². The van der Waals surface area contributed by atoms with E-state index >= 15 is 0 Å². The number of hydrogen-bond donors (Lipinski definition) is 1. The standard InChI is InChI=1S/C15H20N2O2/c1-11-4-6-13(7-5-11)15-16-14(10-19-15)8-17(3)12(2)9-18/h4-7,10,12,18H,8-9H2,1-3H3. The first-order valence-corrected chi connectivity index (χ1v) is 6.42. The van der Waals surface area contributed by atoms with Crippen molar-refractivity contribution in [2.45, 2.75) is 26.4 Å². The van der Waals surface area contributed by atoms with Gasteiger partial charge in [-0.2, -0.15) is 0 Å². The number of aryl methyl sites for hydroxylation is 1. The van der Waals surface area contributed by atoms with Gasteiger partial charge in [-0.25, -0.2) is 4.98 Å². The smallest absolute Gasteiger partial charge is 0.226 e. The SMILES string of the molecule is Cc1ccc(-c2nc(CN(C)C(C)CO)co2)cc1. The highest BCUT2D eigenvalue weighted by atomic mass is 16.3. The Kier molecular flexibility index (Phi) is 4.35. The molecule has 0 saturated heterocycles. The molecule has 4 heteroatoms. The Bertz CT molecular complexity index is 519. The largest absolute Gasteiger partial charge is 0.444 e. The van der Waals surface area contributed by atoms with Crippen LogP contribution in [-0.2, 0) is 6.54 Å². The average molecular weight is 260 g/mol. The molecule has 1 heterocycles. The maximum atomic E-state index is 9.11. The molecular weight excluding hydrogens is 240 g/mol. The number of aromatic nitrogens is 1. The summed E-state index contributed by atoms with van der Waals surface area (Å²) >= 11 is 0. The molecule has 1 N–H and O–H groups in total. The molecule has 19 heavy (non-hydrogen) atoms. The van der Waals surface area contributed by atoms with Crippen molar-refractivity contribution in [3.63, 3.8) is 0 Å². The van der Waals surface area contributed by atoms with Gasteiger partial charge in [0.05, 0.1) is 12.3 Å². The van der Waals surface area contributed by atoms with E-state index in [-0.39, 0.29) is 12.6 Å². The lowest BCUT2D eigenvalue weighted by Gasteiger charge is -2.21. The van der Waals surface area contributed by atoms with Crippen LogP contribution in [0.15, 0.2) is 34.9 Å². The van der Waals surface area contributed by atoms with E-state index in [1.54, 1.807) is 6.26 Å². The van der Waals surface area contributed by atoms with Gasteiger partial charge in [-0.1, -0.05) is 17.7 Å². The molecule has 102 valence electrons. The molecule has 1 aromatic carbocycles. The number of hydrogen-bond acceptors (Lipinski definition) is 4. The van der Waals surface area contributed by atoms with Gasteiger partial charge in [0.1, 0.15) is 6.26 Å². The number of oxazole rings is 1. The minimum Gasteiger partial charge on any atom is -0.444 e. The normalized spacial score (nSPS) is 12.9. The van der Waals surface area contributed by atoms with Crippen molar-refractivity contribution in [3.05, 3.63) is 41.8 Å².